The average molecular weight is 419 g/mol. The number of ether oxygens (including phenoxy) is 2. The molecule has 2 aromatic rings. The minimum absolute atomic E-state index is 0. The van der Waals surface area contributed by atoms with Gasteiger partial charge < -0.3 is 14.8 Å². The molecule has 2 saturated heterocycles. The number of rotatable bonds is 7. The van der Waals surface area contributed by atoms with E-state index in [0.29, 0.717) is 12.6 Å². The topological polar surface area (TPSA) is 49.9 Å². The molecule has 3 heterocycles. The van der Waals surface area contributed by atoms with Gasteiger partial charge in [-0.05, 0) is 30.2 Å². The standard InChI is InChI=1S/C22H30N4O2.ClH/c1-27-21-5-4-18(13-22(21)28-17-19-3-2-7-24-14-19)15-25-10-6-20(16-25)26-11-8-23-9-12-26;/h2-5,7,13-14,20,23H,6,8-12,15-17H2,1H3;1H. The summed E-state index contributed by atoms with van der Waals surface area (Å²) in [5.74, 6) is 1.56. The van der Waals surface area contributed by atoms with Gasteiger partial charge in [-0.2, -0.15) is 0 Å². The first-order chi connectivity index (χ1) is 13.8. The van der Waals surface area contributed by atoms with Crippen molar-refractivity contribution >= 4 is 12.4 Å². The van der Waals surface area contributed by atoms with Crippen molar-refractivity contribution in [2.24, 2.45) is 0 Å². The summed E-state index contributed by atoms with van der Waals surface area (Å²) in [5, 5.41) is 3.45. The number of methoxy groups -OCH3 is 1. The largest absolute Gasteiger partial charge is 0.493 e. The van der Waals surface area contributed by atoms with Crippen molar-refractivity contribution in [3.63, 3.8) is 0 Å². The van der Waals surface area contributed by atoms with Crippen LogP contribution < -0.4 is 14.8 Å². The normalized spacial score (nSPS) is 20.2. The minimum atomic E-state index is 0. The summed E-state index contributed by atoms with van der Waals surface area (Å²) in [7, 11) is 1.69. The quantitative estimate of drug-likeness (QED) is 0.745. The van der Waals surface area contributed by atoms with Crippen molar-refractivity contribution in [3.05, 3.63) is 53.9 Å². The summed E-state index contributed by atoms with van der Waals surface area (Å²) in [6.07, 6.45) is 4.87. The number of piperazine rings is 1. The van der Waals surface area contributed by atoms with Gasteiger partial charge in [-0.1, -0.05) is 12.1 Å². The zero-order valence-electron chi connectivity index (χ0n) is 17.0. The van der Waals surface area contributed by atoms with Gasteiger partial charge in [-0.15, -0.1) is 12.4 Å². The van der Waals surface area contributed by atoms with E-state index in [0.717, 1.165) is 49.8 Å². The number of benzene rings is 1. The third-order valence-corrected chi connectivity index (χ3v) is 5.67. The zero-order valence-corrected chi connectivity index (χ0v) is 17.9. The molecule has 1 aromatic heterocycles. The van der Waals surface area contributed by atoms with E-state index in [4.69, 9.17) is 9.47 Å². The maximum absolute atomic E-state index is 6.04. The van der Waals surface area contributed by atoms with E-state index in [1.165, 1.54) is 25.1 Å². The molecular formula is C22H31ClN4O2. The molecule has 0 radical (unpaired) electrons. The van der Waals surface area contributed by atoms with Gasteiger partial charge >= 0.3 is 0 Å². The zero-order chi connectivity index (χ0) is 19.2. The Morgan fingerprint density at radius 2 is 1.97 bits per heavy atom. The van der Waals surface area contributed by atoms with E-state index in [2.05, 4.69) is 32.2 Å². The molecule has 6 nitrogen and oxygen atoms in total. The van der Waals surface area contributed by atoms with Crippen LogP contribution in [0.4, 0.5) is 0 Å². The lowest BCUT2D eigenvalue weighted by atomic mass is 10.2. The van der Waals surface area contributed by atoms with E-state index < -0.39 is 0 Å². The minimum Gasteiger partial charge on any atom is -0.493 e. The van der Waals surface area contributed by atoms with Crippen molar-refractivity contribution in [2.75, 3.05) is 46.4 Å². The Labute approximate surface area is 179 Å². The molecule has 1 atom stereocenters. The lowest BCUT2D eigenvalue weighted by molar-refractivity contribution is 0.170. The molecule has 0 amide bonds. The fourth-order valence-corrected chi connectivity index (χ4v) is 4.14. The molecule has 0 saturated carbocycles. The molecule has 158 valence electrons. The van der Waals surface area contributed by atoms with Crippen LogP contribution in [0.25, 0.3) is 0 Å². The molecule has 0 spiro atoms. The first-order valence-electron chi connectivity index (χ1n) is 10.2. The van der Waals surface area contributed by atoms with Crippen LogP contribution in [-0.4, -0.2) is 67.2 Å². The first kappa shape index (κ1) is 21.8. The SMILES string of the molecule is COc1ccc(CN2CCC(N3CCNCC3)C2)cc1OCc1cccnc1.Cl. The number of nitrogens with zero attached hydrogens (tertiary/aromatic N) is 3. The van der Waals surface area contributed by atoms with Gasteiger partial charge in [0.15, 0.2) is 11.5 Å². The van der Waals surface area contributed by atoms with Crippen molar-refractivity contribution in [2.45, 2.75) is 25.6 Å². The molecule has 0 aliphatic carbocycles. The molecule has 0 bridgehead atoms. The molecule has 2 aliphatic heterocycles. The van der Waals surface area contributed by atoms with Crippen molar-refractivity contribution in [3.8, 4) is 11.5 Å². The molecule has 1 unspecified atom stereocenters. The predicted molar refractivity (Wildman–Crippen MR) is 117 cm³/mol. The third kappa shape index (κ3) is 5.82. The van der Waals surface area contributed by atoms with Gasteiger partial charge in [0.1, 0.15) is 6.61 Å². The Kier molecular flexibility index (Phi) is 8.12. The highest BCUT2D eigenvalue weighted by Crippen LogP contribution is 2.30. The summed E-state index contributed by atoms with van der Waals surface area (Å²) >= 11 is 0. The Morgan fingerprint density at radius 1 is 1.10 bits per heavy atom. The average Bonchev–Trinajstić information content (AvgIpc) is 3.22. The van der Waals surface area contributed by atoms with Crippen LogP contribution in [0.3, 0.4) is 0 Å². The second-order valence-corrected chi connectivity index (χ2v) is 7.60. The van der Waals surface area contributed by atoms with Crippen molar-refractivity contribution < 1.29 is 9.47 Å². The molecule has 2 aliphatic rings. The van der Waals surface area contributed by atoms with Crippen LogP contribution in [0.15, 0.2) is 42.7 Å². The van der Waals surface area contributed by atoms with Gasteiger partial charge in [0.25, 0.3) is 0 Å². The van der Waals surface area contributed by atoms with Crippen LogP contribution >= 0.6 is 12.4 Å². The van der Waals surface area contributed by atoms with Crippen LogP contribution in [0.1, 0.15) is 17.5 Å². The maximum Gasteiger partial charge on any atom is 0.161 e. The lowest BCUT2D eigenvalue weighted by Crippen LogP contribution is -2.49. The number of likely N-dealkylation sites (tertiary alicyclic amines) is 1. The van der Waals surface area contributed by atoms with Gasteiger partial charge in [0, 0.05) is 69.8 Å². The molecule has 4 rings (SSSR count). The maximum atomic E-state index is 6.04. The number of aromatic nitrogens is 1. The number of halogens is 1. The number of hydrogen-bond acceptors (Lipinski definition) is 6. The van der Waals surface area contributed by atoms with Gasteiger partial charge in [-0.25, -0.2) is 0 Å². The van der Waals surface area contributed by atoms with Crippen LogP contribution in [0.5, 0.6) is 11.5 Å². The number of hydrogen-bond donors (Lipinski definition) is 1. The Bertz CT molecular complexity index is 756. The van der Waals surface area contributed by atoms with Crippen LogP contribution in [0, 0.1) is 0 Å². The predicted octanol–water partition coefficient (Wildman–Crippen LogP) is 2.57. The van der Waals surface area contributed by atoms with Crippen molar-refractivity contribution in [1.82, 2.24) is 20.1 Å². The van der Waals surface area contributed by atoms with Crippen molar-refractivity contribution in [1.29, 1.82) is 0 Å². The molecular weight excluding hydrogens is 388 g/mol. The highest BCUT2D eigenvalue weighted by atomic mass is 35.5. The summed E-state index contributed by atoms with van der Waals surface area (Å²) in [5.41, 5.74) is 2.32. The molecule has 29 heavy (non-hydrogen) atoms. The monoisotopic (exact) mass is 418 g/mol. The Hall–Kier alpha value is -1.86. The third-order valence-electron chi connectivity index (χ3n) is 5.67. The van der Waals surface area contributed by atoms with E-state index >= 15 is 0 Å². The molecule has 7 heteroatoms. The van der Waals surface area contributed by atoms with Gasteiger partial charge in [-0.3, -0.25) is 14.8 Å². The molecule has 2 fully saturated rings. The highest BCUT2D eigenvalue weighted by molar-refractivity contribution is 5.85. The summed E-state index contributed by atoms with van der Waals surface area (Å²) < 4.78 is 11.5. The van der Waals surface area contributed by atoms with E-state index in [9.17, 15) is 0 Å². The number of pyridine rings is 1. The van der Waals surface area contributed by atoms with Crippen LogP contribution in [-0.2, 0) is 13.2 Å². The number of nitrogens with one attached hydrogen (secondary N) is 1. The second kappa shape index (κ2) is 10.8. The summed E-state index contributed by atoms with van der Waals surface area (Å²) in [6.45, 7) is 8.34. The molecule has 1 N–H and O–H groups in total. The van der Waals surface area contributed by atoms with Crippen LogP contribution in [0.2, 0.25) is 0 Å². The smallest absolute Gasteiger partial charge is 0.161 e. The Morgan fingerprint density at radius 3 is 2.72 bits per heavy atom. The highest BCUT2D eigenvalue weighted by Gasteiger charge is 2.28. The van der Waals surface area contributed by atoms with E-state index in [-0.39, 0.29) is 12.4 Å². The van der Waals surface area contributed by atoms with E-state index in [1.54, 1.807) is 13.3 Å². The fourth-order valence-electron chi connectivity index (χ4n) is 4.14. The first-order valence-corrected chi connectivity index (χ1v) is 10.2. The molecule has 1 aromatic carbocycles. The Balaban J connectivity index is 0.00000240. The van der Waals surface area contributed by atoms with E-state index in [1.807, 2.05) is 24.4 Å². The lowest BCUT2D eigenvalue weighted by Gasteiger charge is -2.32. The van der Waals surface area contributed by atoms with Gasteiger partial charge in [0.05, 0.1) is 7.11 Å². The second-order valence-electron chi connectivity index (χ2n) is 7.60. The summed E-state index contributed by atoms with van der Waals surface area (Å²) in [4.78, 5) is 9.35. The fraction of sp³-hybridized carbons (Fsp3) is 0.500. The summed E-state index contributed by atoms with van der Waals surface area (Å²) in [6, 6.07) is 10.9. The van der Waals surface area contributed by atoms with Gasteiger partial charge in [0.2, 0.25) is 0 Å².